The second-order valence-electron chi connectivity index (χ2n) is 7.67. The fourth-order valence-corrected chi connectivity index (χ4v) is 4.93. The van der Waals surface area contributed by atoms with Crippen LogP contribution in [0.25, 0.3) is 0 Å². The van der Waals surface area contributed by atoms with E-state index in [1.807, 2.05) is 44.2 Å². The van der Waals surface area contributed by atoms with E-state index < -0.39 is 44.5 Å². The number of carbonyl (C=O) groups excluding carboxylic acids is 2. The van der Waals surface area contributed by atoms with E-state index in [9.17, 15) is 19.5 Å². The summed E-state index contributed by atoms with van der Waals surface area (Å²) in [6.07, 6.45) is 3.26. The lowest BCUT2D eigenvalue weighted by Gasteiger charge is -2.26. The molecule has 188 valence electrons. The van der Waals surface area contributed by atoms with Crippen molar-refractivity contribution in [3.63, 3.8) is 0 Å². The first-order valence-electron chi connectivity index (χ1n) is 11.4. The Morgan fingerprint density at radius 2 is 1.68 bits per heavy atom. The fraction of sp³-hybridized carbons (Fsp3) is 0.542. The van der Waals surface area contributed by atoms with Crippen LogP contribution < -0.4 is 0 Å². The van der Waals surface area contributed by atoms with Gasteiger partial charge in [-0.15, -0.1) is 6.58 Å². The topological polar surface area (TPSA) is 112 Å². The summed E-state index contributed by atoms with van der Waals surface area (Å²) < 4.78 is 21.7. The second-order valence-corrected chi connectivity index (χ2v) is 8.89. The van der Waals surface area contributed by atoms with Crippen molar-refractivity contribution in [3.05, 3.63) is 48.6 Å². The van der Waals surface area contributed by atoms with Crippen LogP contribution in [0.15, 0.2) is 43.0 Å². The van der Waals surface area contributed by atoms with Crippen molar-refractivity contribution in [2.24, 2.45) is 11.8 Å². The van der Waals surface area contributed by atoms with Crippen molar-refractivity contribution < 1.29 is 37.8 Å². The minimum atomic E-state index is -1.38. The van der Waals surface area contributed by atoms with Crippen LogP contribution in [0, 0.1) is 11.8 Å². The number of esters is 1. The van der Waals surface area contributed by atoms with Crippen LogP contribution in [0.3, 0.4) is 0 Å². The molecule has 1 aromatic carbocycles. The van der Waals surface area contributed by atoms with Crippen molar-refractivity contribution in [1.29, 1.82) is 0 Å². The zero-order valence-corrected chi connectivity index (χ0v) is 20.6. The van der Waals surface area contributed by atoms with Crippen LogP contribution in [0.2, 0.25) is 0 Å². The molecule has 0 aromatic heterocycles. The number of hydrogen-bond donors (Lipinski definition) is 1. The normalized spacial score (nSPS) is 22.6. The van der Waals surface area contributed by atoms with Gasteiger partial charge in [0.2, 0.25) is 0 Å². The van der Waals surface area contributed by atoms with Crippen LogP contribution in [0.4, 0.5) is 0 Å². The van der Waals surface area contributed by atoms with E-state index >= 15 is 0 Å². The van der Waals surface area contributed by atoms with Crippen LogP contribution in [0.5, 0.6) is 0 Å². The molecular formula is C24H34NO8P. The molecule has 34 heavy (non-hydrogen) atoms. The van der Waals surface area contributed by atoms with Gasteiger partial charge in [0.15, 0.2) is 0 Å². The molecule has 0 aliphatic carbocycles. The third-order valence-corrected chi connectivity index (χ3v) is 6.82. The third-order valence-electron chi connectivity index (χ3n) is 5.48. The van der Waals surface area contributed by atoms with Gasteiger partial charge in [-0.3, -0.25) is 14.5 Å². The van der Waals surface area contributed by atoms with E-state index in [1.54, 1.807) is 4.90 Å². The van der Waals surface area contributed by atoms with Crippen molar-refractivity contribution in [2.75, 3.05) is 26.4 Å². The van der Waals surface area contributed by atoms with Gasteiger partial charge in [-0.2, -0.15) is 0 Å². The SMILES string of the molecule is C=CC1C(C(=O)OCCCCOP(OCC)OCC)C(C(=O)O)C(C=O)N1Cc1ccccc1. The Balaban J connectivity index is 1.97. The van der Waals surface area contributed by atoms with Gasteiger partial charge in [-0.1, -0.05) is 36.4 Å². The van der Waals surface area contributed by atoms with Crippen LogP contribution in [0.1, 0.15) is 32.3 Å². The maximum absolute atomic E-state index is 13.0. The van der Waals surface area contributed by atoms with Gasteiger partial charge in [-0.05, 0) is 32.3 Å². The van der Waals surface area contributed by atoms with E-state index in [0.717, 1.165) is 5.56 Å². The Morgan fingerprint density at radius 1 is 1.03 bits per heavy atom. The first kappa shape index (κ1) is 28.1. The summed E-state index contributed by atoms with van der Waals surface area (Å²) >= 11 is 0. The lowest BCUT2D eigenvalue weighted by molar-refractivity contribution is -0.157. The molecule has 0 spiro atoms. The highest BCUT2D eigenvalue weighted by atomic mass is 31.2. The fourth-order valence-electron chi connectivity index (χ4n) is 4.01. The number of hydrogen-bond acceptors (Lipinski definition) is 8. The summed E-state index contributed by atoms with van der Waals surface area (Å²) in [4.78, 5) is 38.6. The monoisotopic (exact) mass is 495 g/mol. The van der Waals surface area contributed by atoms with Gasteiger partial charge >= 0.3 is 20.5 Å². The van der Waals surface area contributed by atoms with Crippen molar-refractivity contribution in [2.45, 2.75) is 45.3 Å². The average Bonchev–Trinajstić information content (AvgIpc) is 3.15. The highest BCUT2D eigenvalue weighted by Gasteiger charge is 2.55. The molecule has 1 saturated heterocycles. The molecule has 4 unspecified atom stereocenters. The number of carboxylic acid groups (broad SMARTS) is 1. The van der Waals surface area contributed by atoms with E-state index in [1.165, 1.54) is 6.08 Å². The molecular weight excluding hydrogens is 461 g/mol. The van der Waals surface area contributed by atoms with Gasteiger partial charge in [0, 0.05) is 12.6 Å². The van der Waals surface area contributed by atoms with Crippen LogP contribution in [-0.4, -0.2) is 66.7 Å². The smallest absolute Gasteiger partial charge is 0.332 e. The minimum absolute atomic E-state index is 0.112. The average molecular weight is 496 g/mol. The molecule has 0 radical (unpaired) electrons. The summed E-state index contributed by atoms with van der Waals surface area (Å²) in [5.74, 6) is -4.11. The maximum atomic E-state index is 13.0. The summed E-state index contributed by atoms with van der Waals surface area (Å²) in [6.45, 7) is 9.31. The number of ether oxygens (including phenoxy) is 1. The largest absolute Gasteiger partial charge is 0.481 e. The van der Waals surface area contributed by atoms with Crippen LogP contribution >= 0.6 is 8.60 Å². The molecule has 4 atom stereocenters. The number of likely N-dealkylation sites (tertiary alicyclic amines) is 1. The van der Waals surface area contributed by atoms with Gasteiger partial charge in [-0.25, -0.2) is 0 Å². The van der Waals surface area contributed by atoms with Gasteiger partial charge in [0.1, 0.15) is 6.29 Å². The summed E-state index contributed by atoms with van der Waals surface area (Å²) in [7, 11) is -1.38. The van der Waals surface area contributed by atoms with Gasteiger partial charge < -0.3 is 28.2 Å². The molecule has 1 aliphatic rings. The Kier molecular flexibility index (Phi) is 12.4. The summed E-state index contributed by atoms with van der Waals surface area (Å²) in [5, 5.41) is 9.85. The number of benzene rings is 1. The Morgan fingerprint density at radius 3 is 2.24 bits per heavy atom. The number of carboxylic acids is 1. The van der Waals surface area contributed by atoms with Crippen molar-refractivity contribution >= 4 is 26.8 Å². The van der Waals surface area contributed by atoms with E-state index in [2.05, 4.69) is 6.58 Å². The number of aliphatic carboxylic acids is 1. The third kappa shape index (κ3) is 7.68. The number of carbonyl (C=O) groups is 3. The summed E-state index contributed by atoms with van der Waals surface area (Å²) in [5.41, 5.74) is 0.901. The van der Waals surface area contributed by atoms with Crippen LogP contribution in [-0.2, 0) is 39.2 Å². The van der Waals surface area contributed by atoms with Gasteiger partial charge in [0.25, 0.3) is 0 Å². The predicted molar refractivity (Wildman–Crippen MR) is 127 cm³/mol. The first-order valence-corrected chi connectivity index (χ1v) is 12.5. The second kappa shape index (κ2) is 15.0. The Labute approximate surface area is 202 Å². The number of aldehydes is 1. The molecule has 0 saturated carbocycles. The molecule has 1 aliphatic heterocycles. The number of nitrogens with zero attached hydrogens (tertiary/aromatic N) is 1. The van der Waals surface area contributed by atoms with E-state index in [-0.39, 0.29) is 6.61 Å². The standard InChI is InChI=1S/C24H34NO8P/c1-4-19-22(24(29)30-14-10-11-15-33-34(31-5-2)32-6-3)21(23(27)28)20(17-26)25(19)16-18-12-8-7-9-13-18/h4,7-9,12-13,17,19-22H,1,5-6,10-11,14-16H2,2-3H3,(H,27,28). The highest BCUT2D eigenvalue weighted by molar-refractivity contribution is 7.41. The number of rotatable bonds is 16. The molecule has 9 nitrogen and oxygen atoms in total. The predicted octanol–water partition coefficient (Wildman–Crippen LogP) is 3.58. The van der Waals surface area contributed by atoms with Crippen molar-refractivity contribution in [1.82, 2.24) is 4.90 Å². The molecule has 1 N–H and O–H groups in total. The molecule has 1 fully saturated rings. The Bertz CT molecular complexity index is 786. The maximum Gasteiger partial charge on any atom is 0.332 e. The zero-order valence-electron chi connectivity index (χ0n) is 19.7. The van der Waals surface area contributed by atoms with E-state index in [0.29, 0.717) is 45.5 Å². The van der Waals surface area contributed by atoms with Crippen molar-refractivity contribution in [3.8, 4) is 0 Å². The number of unbranched alkanes of at least 4 members (excludes halogenated alkanes) is 1. The zero-order chi connectivity index (χ0) is 24.9. The Hall–Kier alpha value is -2.16. The minimum Gasteiger partial charge on any atom is -0.481 e. The quantitative estimate of drug-likeness (QED) is 0.121. The molecule has 10 heteroatoms. The molecule has 0 amide bonds. The molecule has 1 heterocycles. The van der Waals surface area contributed by atoms with E-state index in [4.69, 9.17) is 18.3 Å². The lowest BCUT2D eigenvalue weighted by atomic mass is 9.87. The molecule has 1 aromatic rings. The first-order chi connectivity index (χ1) is 16.5. The lowest BCUT2D eigenvalue weighted by Crippen LogP contribution is -2.39. The highest BCUT2D eigenvalue weighted by Crippen LogP contribution is 2.39. The molecule has 0 bridgehead atoms. The van der Waals surface area contributed by atoms with Gasteiger partial charge in [0.05, 0.1) is 44.3 Å². The summed E-state index contributed by atoms with van der Waals surface area (Å²) in [6, 6.07) is 7.75. The molecule has 2 rings (SSSR count).